The zero-order chi connectivity index (χ0) is 59.4. The molecule has 8 aromatic rings. The van der Waals surface area contributed by atoms with Gasteiger partial charge in [-0.05, 0) is 93.0 Å². The Labute approximate surface area is 501 Å². The zero-order valence-electron chi connectivity index (χ0n) is 46.2. The molecule has 88 heavy (non-hydrogen) atoms. The summed E-state index contributed by atoms with van der Waals surface area (Å²) in [5, 5.41) is 0. The van der Waals surface area contributed by atoms with Crippen LogP contribution in [-0.4, -0.2) is 47.8 Å². The van der Waals surface area contributed by atoms with Crippen molar-refractivity contribution in [3.63, 3.8) is 0 Å². The fourth-order valence-corrected chi connectivity index (χ4v) is 16.6. The Hall–Kier alpha value is -10.5. The number of hydrogen-bond donors (Lipinski definition) is 0. The number of para-hydroxylation sites is 8. The summed E-state index contributed by atoms with van der Waals surface area (Å²) in [5.74, 6) is -0.972. The monoisotopic (exact) mass is 1170 g/mol. The van der Waals surface area contributed by atoms with Crippen LogP contribution in [0.5, 0.6) is 46.0 Å². The number of rotatable bonds is 0. The maximum absolute atomic E-state index is 12.4. The standard InChI is InChI=1S/4C18H12O4/c2*19-17-15-13(9-5-1-3-7-11(9)21-17)16-14(15)10-6-2-4-8-12(10)22-18(16)20;2*19-17-15-13(9-5-1-3-7-11(9)21-17)14-10-6-2-4-8-12(10)22-18(20)16(14)15/h4*1-8,13-16H/t;;13-,14?,15-,16?;13-,14+,15-,16+/m..0./s1. The molecule has 0 radical (unpaired) electrons. The second-order valence-electron chi connectivity index (χ2n) is 24.1. The lowest BCUT2D eigenvalue weighted by Gasteiger charge is -2.53. The second-order valence-corrected chi connectivity index (χ2v) is 24.1. The largest absolute Gasteiger partial charge is 0.426 e. The summed E-state index contributed by atoms with van der Waals surface area (Å²) in [6.45, 7) is 0. The zero-order valence-corrected chi connectivity index (χ0v) is 46.2. The number of fused-ring (bicyclic) bond motifs is 32. The molecule has 432 valence electrons. The van der Waals surface area contributed by atoms with E-state index in [1.807, 2.05) is 170 Å². The minimum atomic E-state index is -0.430. The molecule has 0 aromatic heterocycles. The van der Waals surface area contributed by atoms with Crippen LogP contribution in [0.25, 0.3) is 0 Å². The summed E-state index contributed by atoms with van der Waals surface area (Å²) in [5.41, 5.74) is 7.79. The fraction of sp³-hybridized carbons (Fsp3) is 0.222. The Morgan fingerprint density at radius 1 is 0.148 bits per heavy atom. The number of hydrogen-bond acceptors (Lipinski definition) is 16. The molecule has 0 bridgehead atoms. The highest BCUT2D eigenvalue weighted by Gasteiger charge is 2.68. The molecule has 0 N–H and O–H groups in total. The van der Waals surface area contributed by atoms with E-state index in [0.717, 1.165) is 44.5 Å². The lowest BCUT2D eigenvalue weighted by molar-refractivity contribution is -0.165. The molecule has 0 spiro atoms. The third kappa shape index (κ3) is 7.43. The van der Waals surface area contributed by atoms with E-state index in [-0.39, 0.29) is 119 Å². The molecule has 2 unspecified atom stereocenters. The summed E-state index contributed by atoms with van der Waals surface area (Å²) in [6.07, 6.45) is 0. The summed E-state index contributed by atoms with van der Waals surface area (Å²) in [7, 11) is 0. The predicted molar refractivity (Wildman–Crippen MR) is 306 cm³/mol. The first-order valence-electron chi connectivity index (χ1n) is 29.5. The Kier molecular flexibility index (Phi) is 11.5. The van der Waals surface area contributed by atoms with Crippen LogP contribution in [0.4, 0.5) is 0 Å². The Balaban J connectivity index is 0.0000000910. The lowest BCUT2D eigenvalue weighted by atomic mass is 9.51. The number of esters is 8. The minimum Gasteiger partial charge on any atom is -0.426 e. The molecular formula is C72H48O16. The summed E-state index contributed by atoms with van der Waals surface area (Å²) < 4.78 is 43.5. The molecule has 8 aromatic carbocycles. The van der Waals surface area contributed by atoms with E-state index < -0.39 is 23.7 Å². The van der Waals surface area contributed by atoms with Gasteiger partial charge in [0.2, 0.25) is 0 Å². The van der Waals surface area contributed by atoms with Crippen LogP contribution in [0.15, 0.2) is 194 Å². The molecule has 20 rings (SSSR count). The van der Waals surface area contributed by atoms with E-state index in [9.17, 15) is 38.4 Å². The van der Waals surface area contributed by atoms with Crippen molar-refractivity contribution in [2.75, 3.05) is 0 Å². The van der Waals surface area contributed by atoms with Crippen molar-refractivity contribution in [3.05, 3.63) is 239 Å². The smallest absolute Gasteiger partial charge is 0.315 e. The average molecular weight is 1170 g/mol. The third-order valence-electron chi connectivity index (χ3n) is 20.3. The van der Waals surface area contributed by atoms with Gasteiger partial charge in [0.15, 0.2) is 0 Å². The summed E-state index contributed by atoms with van der Waals surface area (Å²) >= 11 is 0. The lowest BCUT2D eigenvalue weighted by Crippen LogP contribution is -2.57. The van der Waals surface area contributed by atoms with Crippen molar-refractivity contribution in [2.24, 2.45) is 47.3 Å². The van der Waals surface area contributed by atoms with Crippen LogP contribution in [-0.2, 0) is 38.4 Å². The summed E-state index contributed by atoms with van der Waals surface area (Å²) in [6, 6.07) is 60.1. The topological polar surface area (TPSA) is 210 Å². The fourth-order valence-electron chi connectivity index (χ4n) is 16.6. The molecule has 16 heteroatoms. The predicted octanol–water partition coefficient (Wildman–Crippen LogP) is 10.6. The van der Waals surface area contributed by atoms with Crippen LogP contribution in [0.2, 0.25) is 0 Å². The Morgan fingerprint density at radius 3 is 0.386 bits per heavy atom. The summed E-state index contributed by atoms with van der Waals surface area (Å²) in [4.78, 5) is 98.9. The highest BCUT2D eigenvalue weighted by molar-refractivity contribution is 5.95. The van der Waals surface area contributed by atoms with Crippen LogP contribution in [0, 0.1) is 47.3 Å². The first-order chi connectivity index (χ1) is 43.0. The number of carbonyl (C=O) groups excluding carboxylic acids is 8. The van der Waals surface area contributed by atoms with Crippen molar-refractivity contribution >= 4 is 47.8 Å². The van der Waals surface area contributed by atoms with Crippen LogP contribution < -0.4 is 37.9 Å². The quantitative estimate of drug-likeness (QED) is 0.102. The number of carbonyl (C=O) groups is 8. The van der Waals surface area contributed by atoms with Crippen molar-refractivity contribution in [3.8, 4) is 46.0 Å². The average Bonchev–Trinajstić information content (AvgIpc) is 1.08. The third-order valence-corrected chi connectivity index (χ3v) is 20.3. The first-order valence-corrected chi connectivity index (χ1v) is 29.5. The van der Waals surface area contributed by atoms with Crippen molar-refractivity contribution in [2.45, 2.75) is 47.3 Å². The van der Waals surface area contributed by atoms with E-state index in [2.05, 4.69) is 0 Å². The minimum absolute atomic E-state index is 0.00329. The molecule has 0 amide bonds. The molecule has 4 fully saturated rings. The molecular weight excluding hydrogens is 1120 g/mol. The van der Waals surface area contributed by atoms with Crippen LogP contribution >= 0.6 is 0 Å². The number of benzene rings is 8. The van der Waals surface area contributed by atoms with Crippen LogP contribution in [0.3, 0.4) is 0 Å². The van der Waals surface area contributed by atoms with E-state index in [4.69, 9.17) is 37.9 Å². The molecule has 16 nitrogen and oxygen atoms in total. The van der Waals surface area contributed by atoms with Gasteiger partial charge in [-0.15, -0.1) is 0 Å². The van der Waals surface area contributed by atoms with Gasteiger partial charge in [0.05, 0.1) is 47.3 Å². The maximum Gasteiger partial charge on any atom is 0.315 e. The normalized spacial score (nSPS) is 30.7. The molecule has 0 saturated heterocycles. The number of ether oxygens (including phenoxy) is 8. The van der Waals surface area contributed by atoms with Crippen molar-refractivity contribution in [1.82, 2.24) is 0 Å². The van der Waals surface area contributed by atoms with Crippen LogP contribution in [0.1, 0.15) is 91.9 Å². The van der Waals surface area contributed by atoms with Gasteiger partial charge in [0.25, 0.3) is 0 Å². The van der Waals surface area contributed by atoms with E-state index in [0.29, 0.717) is 46.0 Å². The van der Waals surface area contributed by atoms with Gasteiger partial charge in [-0.1, -0.05) is 146 Å². The Morgan fingerprint density at radius 2 is 0.250 bits per heavy atom. The van der Waals surface area contributed by atoms with Gasteiger partial charge in [0.1, 0.15) is 46.0 Å². The second kappa shape index (κ2) is 19.5. The molecule has 8 atom stereocenters. The highest BCUT2D eigenvalue weighted by atomic mass is 16.6. The molecule has 4 saturated carbocycles. The maximum atomic E-state index is 12.4. The van der Waals surface area contributed by atoms with E-state index in [1.165, 1.54) is 0 Å². The molecule has 12 aliphatic rings. The first kappa shape index (κ1) is 51.9. The van der Waals surface area contributed by atoms with Gasteiger partial charge in [-0.3, -0.25) is 38.4 Å². The highest BCUT2D eigenvalue weighted by Crippen LogP contribution is 2.68. The SMILES string of the molecule is O=C1Oc2ccccc2C2C1C1c3ccccc3OC(=O)C21.O=C1Oc2ccccc2C2C1C1c3ccccc3OC(=O)C21.O=C1Oc2ccccc2C2C1[C@H]1C(=O)Oc3ccccc3[C@@H]21.O=C1Oc2ccccc2[C@@H]2[C@H]1[C@@H]1C(=O)Oc3ccccc3[C@@H]12. The van der Waals surface area contributed by atoms with Crippen molar-refractivity contribution < 1.29 is 76.3 Å². The van der Waals surface area contributed by atoms with Gasteiger partial charge in [0, 0.05) is 47.3 Å². The molecule has 8 aliphatic heterocycles. The van der Waals surface area contributed by atoms with Gasteiger partial charge in [-0.25, -0.2) is 0 Å². The molecule has 4 aliphatic carbocycles. The van der Waals surface area contributed by atoms with Gasteiger partial charge < -0.3 is 37.9 Å². The molecule has 8 heterocycles. The van der Waals surface area contributed by atoms with E-state index >= 15 is 0 Å². The van der Waals surface area contributed by atoms with Gasteiger partial charge in [-0.2, -0.15) is 0 Å². The van der Waals surface area contributed by atoms with Gasteiger partial charge >= 0.3 is 47.8 Å². The van der Waals surface area contributed by atoms with Crippen molar-refractivity contribution in [1.29, 1.82) is 0 Å². The van der Waals surface area contributed by atoms with E-state index in [1.54, 1.807) is 24.3 Å². The Bertz CT molecular complexity index is 3840.